The highest BCUT2D eigenvalue weighted by Gasteiger charge is 2.49. The number of hydrogen-bond acceptors (Lipinski definition) is 4. The molecule has 0 heterocycles. The number of carbonyl (C=O) groups is 2. The van der Waals surface area contributed by atoms with Crippen LogP contribution in [0.2, 0.25) is 0 Å². The fourth-order valence-electron chi connectivity index (χ4n) is 6.09. The first-order chi connectivity index (χ1) is 16.2. The summed E-state index contributed by atoms with van der Waals surface area (Å²) in [4.78, 5) is 26.3. The monoisotopic (exact) mass is 463 g/mol. The van der Waals surface area contributed by atoms with Gasteiger partial charge < -0.3 is 15.2 Å². The maximum absolute atomic E-state index is 13.7. The molecule has 2 aromatic rings. The Kier molecular flexibility index (Phi) is 7.01. The van der Waals surface area contributed by atoms with Gasteiger partial charge in [0, 0.05) is 11.8 Å². The second-order valence-electron chi connectivity index (χ2n) is 10.6. The van der Waals surface area contributed by atoms with E-state index in [0.29, 0.717) is 18.3 Å². The van der Waals surface area contributed by atoms with Crippen molar-refractivity contribution in [1.29, 1.82) is 0 Å². The number of phenolic OH excluding ortho intramolecular Hbond substituents is 1. The van der Waals surface area contributed by atoms with Gasteiger partial charge in [-0.2, -0.15) is 0 Å². The molecular weight excluding hydrogens is 426 g/mol. The summed E-state index contributed by atoms with van der Waals surface area (Å²) in [6.45, 7) is 6.54. The quantitative estimate of drug-likeness (QED) is 0.574. The first kappa shape index (κ1) is 24.3. The van der Waals surface area contributed by atoms with Gasteiger partial charge in [0.05, 0.1) is 7.11 Å². The Morgan fingerprint density at radius 1 is 1.15 bits per heavy atom. The molecule has 34 heavy (non-hydrogen) atoms. The summed E-state index contributed by atoms with van der Waals surface area (Å²) in [5.41, 5.74) is 4.56. The third-order valence-corrected chi connectivity index (χ3v) is 8.16. The van der Waals surface area contributed by atoms with Crippen LogP contribution in [0.3, 0.4) is 0 Å². The van der Waals surface area contributed by atoms with Gasteiger partial charge in [-0.3, -0.25) is 4.79 Å². The Morgan fingerprint density at radius 2 is 1.88 bits per heavy atom. The van der Waals surface area contributed by atoms with Crippen molar-refractivity contribution in [3.63, 3.8) is 0 Å². The number of fused-ring (bicyclic) bond motifs is 3. The van der Waals surface area contributed by atoms with E-state index in [2.05, 4.69) is 44.3 Å². The van der Waals surface area contributed by atoms with Crippen LogP contribution in [0.1, 0.15) is 80.5 Å². The highest BCUT2D eigenvalue weighted by atomic mass is 16.5. The number of nitrogens with one attached hydrogen (secondary N) is 1. The van der Waals surface area contributed by atoms with E-state index >= 15 is 0 Å². The fraction of sp³-hybridized carbons (Fsp3) is 0.517. The molecular formula is C29H37NO4. The number of carbonyl (C=O) groups excluding carboxylic acids is 2. The van der Waals surface area contributed by atoms with Crippen molar-refractivity contribution in [3.8, 4) is 5.75 Å². The number of methoxy groups -OCH3 is 1. The normalized spacial score (nSPS) is 24.6. The number of hydrogen-bond donors (Lipinski definition) is 2. The zero-order valence-electron chi connectivity index (χ0n) is 20.8. The van der Waals surface area contributed by atoms with Crippen molar-refractivity contribution in [2.45, 2.75) is 77.2 Å². The van der Waals surface area contributed by atoms with Gasteiger partial charge in [0.1, 0.15) is 11.8 Å². The molecule has 2 aromatic carbocycles. The van der Waals surface area contributed by atoms with Gasteiger partial charge in [-0.1, -0.05) is 57.5 Å². The largest absolute Gasteiger partial charge is 0.508 e. The Morgan fingerprint density at radius 3 is 2.56 bits per heavy atom. The number of esters is 1. The topological polar surface area (TPSA) is 75.6 Å². The van der Waals surface area contributed by atoms with Crippen LogP contribution in [0.5, 0.6) is 5.75 Å². The molecule has 0 unspecified atom stereocenters. The van der Waals surface area contributed by atoms with Gasteiger partial charge in [-0.25, -0.2) is 4.79 Å². The van der Waals surface area contributed by atoms with Gasteiger partial charge in [0.2, 0.25) is 5.91 Å². The van der Waals surface area contributed by atoms with E-state index in [1.165, 1.54) is 23.8 Å². The Balaban J connectivity index is 1.55. The minimum absolute atomic E-state index is 0.0568. The van der Waals surface area contributed by atoms with Crippen LogP contribution in [0.4, 0.5) is 0 Å². The number of amides is 1. The summed E-state index contributed by atoms with van der Waals surface area (Å²) in [5.74, 6) is 0.801. The predicted molar refractivity (Wildman–Crippen MR) is 133 cm³/mol. The standard InChI is InChI=1S/C29H37NO4/c1-18(2)20-9-13-23-21(17-20)10-14-25-24(23)6-5-15-29(25,3)28(33)30-26(27(32)34-4)16-19-7-11-22(31)12-8-19/h7-9,11-13,17-18,24-26,31H,5-6,10,14-16H2,1-4H3,(H,30,33)/t24-,25-,26+,29-/m1/s1. The maximum Gasteiger partial charge on any atom is 0.328 e. The van der Waals surface area contributed by atoms with E-state index in [4.69, 9.17) is 4.74 Å². The van der Waals surface area contributed by atoms with Crippen molar-refractivity contribution < 1.29 is 19.4 Å². The van der Waals surface area contributed by atoms with Crippen LogP contribution in [0.25, 0.3) is 0 Å². The minimum Gasteiger partial charge on any atom is -0.508 e. The highest BCUT2D eigenvalue weighted by molar-refractivity contribution is 5.88. The molecule has 5 nitrogen and oxygen atoms in total. The predicted octanol–water partition coefficient (Wildman–Crippen LogP) is 5.25. The first-order valence-corrected chi connectivity index (χ1v) is 12.5. The first-order valence-electron chi connectivity index (χ1n) is 12.5. The maximum atomic E-state index is 13.7. The molecule has 0 spiro atoms. The lowest BCUT2D eigenvalue weighted by molar-refractivity contribution is -0.148. The van der Waals surface area contributed by atoms with Crippen LogP contribution in [0, 0.1) is 11.3 Å². The molecule has 1 fully saturated rings. The van der Waals surface area contributed by atoms with E-state index < -0.39 is 17.4 Å². The highest BCUT2D eigenvalue weighted by Crippen LogP contribution is 2.54. The van der Waals surface area contributed by atoms with Gasteiger partial charge in [-0.15, -0.1) is 0 Å². The van der Waals surface area contributed by atoms with Crippen LogP contribution in [-0.2, 0) is 27.2 Å². The van der Waals surface area contributed by atoms with Crippen molar-refractivity contribution >= 4 is 11.9 Å². The van der Waals surface area contributed by atoms with E-state index in [1.807, 2.05) is 0 Å². The number of ether oxygens (including phenoxy) is 1. The molecule has 2 N–H and O–H groups in total. The van der Waals surface area contributed by atoms with Gasteiger partial charge in [0.15, 0.2) is 0 Å². The lowest BCUT2D eigenvalue weighted by Gasteiger charge is -2.48. The molecule has 4 rings (SSSR count). The fourth-order valence-corrected chi connectivity index (χ4v) is 6.09. The average molecular weight is 464 g/mol. The molecule has 0 bridgehead atoms. The molecule has 182 valence electrons. The van der Waals surface area contributed by atoms with Crippen molar-refractivity contribution in [1.82, 2.24) is 5.32 Å². The SMILES string of the molecule is COC(=O)[C@H](Cc1ccc(O)cc1)NC(=O)[C@]1(C)CCC[C@@H]2c3ccc(C(C)C)cc3CC[C@H]21. The van der Waals surface area contributed by atoms with Gasteiger partial charge in [0.25, 0.3) is 0 Å². The molecule has 1 amide bonds. The second kappa shape index (κ2) is 9.81. The second-order valence-corrected chi connectivity index (χ2v) is 10.6. The zero-order chi connectivity index (χ0) is 24.5. The van der Waals surface area contributed by atoms with Crippen LogP contribution in [-0.4, -0.2) is 30.1 Å². The lowest BCUT2D eigenvalue weighted by Crippen LogP contribution is -2.53. The molecule has 2 aliphatic carbocycles. The molecule has 1 saturated carbocycles. The summed E-state index contributed by atoms with van der Waals surface area (Å²) < 4.78 is 5.01. The van der Waals surface area contributed by atoms with Gasteiger partial charge >= 0.3 is 5.97 Å². The molecule has 5 heteroatoms. The Labute approximate surface area is 202 Å². The third-order valence-electron chi connectivity index (χ3n) is 8.16. The number of aromatic hydroxyl groups is 1. The molecule has 4 atom stereocenters. The van der Waals surface area contributed by atoms with Crippen LogP contribution < -0.4 is 5.32 Å². The van der Waals surface area contributed by atoms with E-state index in [9.17, 15) is 14.7 Å². The molecule has 0 saturated heterocycles. The molecule has 0 radical (unpaired) electrons. The van der Waals surface area contributed by atoms with Crippen LogP contribution in [0.15, 0.2) is 42.5 Å². The molecule has 0 aromatic heterocycles. The summed E-state index contributed by atoms with van der Waals surface area (Å²) in [7, 11) is 1.35. The number of benzene rings is 2. The summed E-state index contributed by atoms with van der Waals surface area (Å²) in [6.07, 6.45) is 5.24. The lowest BCUT2D eigenvalue weighted by atomic mass is 9.56. The minimum atomic E-state index is -0.760. The Hall–Kier alpha value is -2.82. The summed E-state index contributed by atoms with van der Waals surface area (Å²) in [6, 6.07) is 12.9. The number of phenols is 1. The summed E-state index contributed by atoms with van der Waals surface area (Å²) in [5, 5.41) is 12.6. The smallest absolute Gasteiger partial charge is 0.328 e. The number of aryl methyl sites for hydroxylation is 1. The zero-order valence-corrected chi connectivity index (χ0v) is 20.8. The van der Waals surface area contributed by atoms with E-state index in [-0.39, 0.29) is 17.6 Å². The third kappa shape index (κ3) is 4.70. The summed E-state index contributed by atoms with van der Waals surface area (Å²) >= 11 is 0. The van der Waals surface area contributed by atoms with Gasteiger partial charge in [-0.05, 0) is 77.8 Å². The van der Waals surface area contributed by atoms with Crippen molar-refractivity contribution in [2.75, 3.05) is 7.11 Å². The van der Waals surface area contributed by atoms with Crippen molar-refractivity contribution in [3.05, 3.63) is 64.7 Å². The van der Waals surface area contributed by atoms with E-state index in [1.54, 1.807) is 24.3 Å². The molecule has 0 aliphatic heterocycles. The van der Waals surface area contributed by atoms with Crippen molar-refractivity contribution in [2.24, 2.45) is 11.3 Å². The van der Waals surface area contributed by atoms with Crippen LogP contribution >= 0.6 is 0 Å². The Bertz CT molecular complexity index is 1040. The molecule has 2 aliphatic rings. The average Bonchev–Trinajstić information content (AvgIpc) is 2.84. The number of rotatable bonds is 6. The van der Waals surface area contributed by atoms with E-state index in [0.717, 1.165) is 37.7 Å².